The molecule has 4 N–H and O–H groups in total. The van der Waals surface area contributed by atoms with E-state index in [2.05, 4.69) is 48.4 Å². The van der Waals surface area contributed by atoms with Gasteiger partial charge >= 0.3 is 0 Å². The number of thioether (sulfide) groups is 2. The third-order valence-electron chi connectivity index (χ3n) is 4.35. The predicted octanol–water partition coefficient (Wildman–Crippen LogP) is 3.21. The van der Waals surface area contributed by atoms with Crippen LogP contribution in [0.2, 0.25) is 0 Å². The van der Waals surface area contributed by atoms with Crippen LogP contribution in [-0.2, 0) is 10.5 Å². The van der Waals surface area contributed by atoms with Crippen molar-refractivity contribution in [3.8, 4) is 0 Å². The maximum absolute atomic E-state index is 12.3. The lowest BCUT2D eigenvalue weighted by Gasteiger charge is -2.03. The third kappa shape index (κ3) is 6.18. The van der Waals surface area contributed by atoms with Gasteiger partial charge in [-0.15, -0.1) is 20.4 Å². The Morgan fingerprint density at radius 2 is 1.94 bits per heavy atom. The summed E-state index contributed by atoms with van der Waals surface area (Å²) in [5.41, 5.74) is 5.16. The van der Waals surface area contributed by atoms with Crippen LogP contribution in [0, 0.1) is 0 Å². The largest absolute Gasteiger partial charge is 0.334 e. The summed E-state index contributed by atoms with van der Waals surface area (Å²) in [5, 5.41) is 24.1. The van der Waals surface area contributed by atoms with Crippen LogP contribution in [0.1, 0.15) is 31.2 Å². The fourth-order valence-electron chi connectivity index (χ4n) is 2.80. The molecule has 3 aromatic rings. The van der Waals surface area contributed by atoms with Gasteiger partial charge in [0.05, 0.1) is 5.75 Å². The minimum absolute atomic E-state index is 0.121. The summed E-state index contributed by atoms with van der Waals surface area (Å²) >= 11 is 4.11. The number of nitrogens with two attached hydrogens (primary N) is 1. The zero-order valence-electron chi connectivity index (χ0n) is 16.5. The zero-order valence-corrected chi connectivity index (χ0v) is 19.0. The van der Waals surface area contributed by atoms with Gasteiger partial charge in [-0.25, -0.2) is 10.1 Å². The highest BCUT2D eigenvalue weighted by Crippen LogP contribution is 2.28. The fourth-order valence-corrected chi connectivity index (χ4v) is 5.18. The van der Waals surface area contributed by atoms with E-state index >= 15 is 0 Å². The van der Waals surface area contributed by atoms with Gasteiger partial charge in [-0.1, -0.05) is 65.2 Å². The summed E-state index contributed by atoms with van der Waals surface area (Å²) in [6.45, 7) is 0. The molecule has 1 saturated carbocycles. The number of nitrogens with zero attached hydrogens (tertiary/aromatic N) is 6. The maximum atomic E-state index is 12.3. The van der Waals surface area contributed by atoms with Gasteiger partial charge in [-0.2, -0.15) is 5.10 Å². The van der Waals surface area contributed by atoms with Crippen LogP contribution < -0.4 is 16.6 Å². The van der Waals surface area contributed by atoms with Gasteiger partial charge in [0.15, 0.2) is 4.34 Å². The molecule has 2 heterocycles. The molecule has 162 valence electrons. The van der Waals surface area contributed by atoms with Crippen LogP contribution in [0.15, 0.2) is 44.9 Å². The summed E-state index contributed by atoms with van der Waals surface area (Å²) in [4.78, 5) is 12.3. The number of benzene rings is 1. The van der Waals surface area contributed by atoms with Gasteiger partial charge in [0.1, 0.15) is 0 Å². The number of aromatic nitrogens is 5. The van der Waals surface area contributed by atoms with E-state index in [9.17, 15) is 4.79 Å². The number of rotatable bonds is 9. The standard InChI is InChI=1S/C18H21N9OS3/c19-27-15(22-21-13-8-4-5-9-13)23-25-17(27)29-11-14(28)20-16-24-26-18(31-16)30-10-12-6-2-1-3-7-12/h1-3,6-7H,4-5,8-11,19H2,(H,22,23)(H,20,24,28). The molecule has 0 radical (unpaired) electrons. The number of carbonyl (C=O) groups excluding carboxylic acids is 1. The Hall–Kier alpha value is -2.64. The molecule has 1 aromatic carbocycles. The summed E-state index contributed by atoms with van der Waals surface area (Å²) in [6.07, 6.45) is 4.30. The minimum atomic E-state index is -0.218. The number of hydrogen-bond acceptors (Lipinski definition) is 11. The molecule has 31 heavy (non-hydrogen) atoms. The second-order valence-corrected chi connectivity index (χ2v) is 9.80. The number of anilines is 2. The highest BCUT2D eigenvalue weighted by atomic mass is 32.2. The minimum Gasteiger partial charge on any atom is -0.334 e. The van der Waals surface area contributed by atoms with Gasteiger partial charge in [-0.05, 0) is 31.2 Å². The smallest absolute Gasteiger partial charge is 0.264 e. The number of hydrogen-bond donors (Lipinski definition) is 3. The molecular weight excluding hydrogens is 454 g/mol. The predicted molar refractivity (Wildman–Crippen MR) is 125 cm³/mol. The van der Waals surface area contributed by atoms with Crippen molar-refractivity contribution in [1.82, 2.24) is 25.1 Å². The van der Waals surface area contributed by atoms with Crippen LogP contribution in [0.3, 0.4) is 0 Å². The molecular formula is C18H21N9OS3. The molecule has 0 aliphatic heterocycles. The molecule has 4 rings (SSSR count). The van der Waals surface area contributed by atoms with Gasteiger partial charge in [0.2, 0.25) is 16.2 Å². The van der Waals surface area contributed by atoms with E-state index in [1.54, 1.807) is 11.8 Å². The van der Waals surface area contributed by atoms with Gasteiger partial charge < -0.3 is 5.84 Å². The molecule has 1 amide bonds. The average Bonchev–Trinajstić information content (AvgIpc) is 3.53. The number of carbonyl (C=O) groups is 1. The van der Waals surface area contributed by atoms with E-state index in [-0.39, 0.29) is 11.7 Å². The topological polar surface area (TPSA) is 136 Å². The van der Waals surface area contributed by atoms with Crippen molar-refractivity contribution >= 4 is 57.6 Å². The second-order valence-electron chi connectivity index (χ2n) is 6.66. The van der Waals surface area contributed by atoms with E-state index < -0.39 is 0 Å². The van der Waals surface area contributed by atoms with Crippen molar-refractivity contribution in [1.29, 1.82) is 0 Å². The Labute approximate surface area is 191 Å². The SMILES string of the molecule is Nn1c(NN=C2CCCC2)nnc1SCC(=O)Nc1nnc(SCc2ccccc2)s1. The van der Waals surface area contributed by atoms with Crippen molar-refractivity contribution < 1.29 is 4.79 Å². The molecule has 0 unspecified atom stereocenters. The summed E-state index contributed by atoms with van der Waals surface area (Å²) < 4.78 is 2.09. The van der Waals surface area contributed by atoms with Crippen LogP contribution in [0.25, 0.3) is 0 Å². The fraction of sp³-hybridized carbons (Fsp3) is 0.333. The first-order valence-electron chi connectivity index (χ1n) is 9.62. The molecule has 10 nitrogen and oxygen atoms in total. The van der Waals surface area contributed by atoms with E-state index in [4.69, 9.17) is 5.84 Å². The molecule has 0 atom stereocenters. The van der Waals surface area contributed by atoms with Crippen LogP contribution in [0.4, 0.5) is 11.1 Å². The lowest BCUT2D eigenvalue weighted by atomic mass is 10.2. The van der Waals surface area contributed by atoms with Crippen LogP contribution in [-0.4, -0.2) is 42.4 Å². The molecule has 0 bridgehead atoms. The van der Waals surface area contributed by atoms with Crippen LogP contribution >= 0.6 is 34.9 Å². The van der Waals surface area contributed by atoms with Gasteiger partial charge in [0, 0.05) is 11.5 Å². The molecule has 2 aromatic heterocycles. The molecule has 0 saturated heterocycles. The number of hydrazone groups is 1. The Bertz CT molecular complexity index is 1040. The lowest BCUT2D eigenvalue weighted by molar-refractivity contribution is -0.113. The zero-order chi connectivity index (χ0) is 21.5. The monoisotopic (exact) mass is 475 g/mol. The Balaban J connectivity index is 1.23. The highest BCUT2D eigenvalue weighted by Gasteiger charge is 2.15. The van der Waals surface area contributed by atoms with Gasteiger partial charge in [-0.3, -0.25) is 10.1 Å². The van der Waals surface area contributed by atoms with Gasteiger partial charge in [0.25, 0.3) is 5.95 Å². The first-order chi connectivity index (χ1) is 15.2. The first kappa shape index (κ1) is 21.6. The average molecular weight is 476 g/mol. The first-order valence-corrected chi connectivity index (χ1v) is 12.4. The normalized spacial score (nSPS) is 13.4. The maximum Gasteiger partial charge on any atom is 0.264 e. The Morgan fingerprint density at radius 3 is 2.74 bits per heavy atom. The summed E-state index contributed by atoms with van der Waals surface area (Å²) in [6, 6.07) is 10.1. The van der Waals surface area contributed by atoms with E-state index in [1.165, 1.54) is 33.3 Å². The number of nitrogen functional groups attached to an aromatic ring is 1. The van der Waals surface area contributed by atoms with Crippen molar-refractivity contribution in [2.45, 2.75) is 40.9 Å². The third-order valence-corrected chi connectivity index (χ3v) is 7.34. The number of nitrogens with one attached hydrogen (secondary N) is 2. The van der Waals surface area contributed by atoms with Crippen molar-refractivity contribution in [2.24, 2.45) is 5.10 Å². The van der Waals surface area contributed by atoms with Crippen LogP contribution in [0.5, 0.6) is 0 Å². The van der Waals surface area contributed by atoms with Crippen molar-refractivity contribution in [3.05, 3.63) is 35.9 Å². The van der Waals surface area contributed by atoms with Crippen molar-refractivity contribution in [2.75, 3.05) is 22.3 Å². The Kier molecular flexibility index (Phi) is 7.38. The van der Waals surface area contributed by atoms with E-state index in [0.717, 1.165) is 41.5 Å². The molecule has 0 spiro atoms. The summed E-state index contributed by atoms with van der Waals surface area (Å²) in [5.74, 6) is 7.04. The van der Waals surface area contributed by atoms with E-state index in [1.807, 2.05) is 18.2 Å². The summed E-state index contributed by atoms with van der Waals surface area (Å²) in [7, 11) is 0. The highest BCUT2D eigenvalue weighted by molar-refractivity contribution is 8.00. The molecule has 1 fully saturated rings. The number of amides is 1. The Morgan fingerprint density at radius 1 is 1.13 bits per heavy atom. The molecule has 1 aliphatic rings. The molecule has 1 aliphatic carbocycles. The quantitative estimate of drug-likeness (QED) is 0.184. The van der Waals surface area contributed by atoms with Crippen molar-refractivity contribution in [3.63, 3.8) is 0 Å². The second kappa shape index (κ2) is 10.6. The lowest BCUT2D eigenvalue weighted by Crippen LogP contribution is -2.17. The molecule has 13 heteroatoms. The van der Waals surface area contributed by atoms with E-state index in [0.29, 0.717) is 16.2 Å².